The van der Waals surface area contributed by atoms with E-state index in [0.29, 0.717) is 13.0 Å². The summed E-state index contributed by atoms with van der Waals surface area (Å²) >= 11 is 1.48. The predicted molar refractivity (Wildman–Crippen MR) is 66.3 cm³/mol. The number of aromatic nitrogens is 1. The molecule has 0 unspecified atom stereocenters. The Balaban J connectivity index is 1.70. The lowest BCUT2D eigenvalue weighted by atomic mass is 10.3. The first-order valence-corrected chi connectivity index (χ1v) is 6.12. The molecule has 0 atom stereocenters. The number of nitrogens with zero attached hydrogens (tertiary/aromatic N) is 1. The molecule has 0 aromatic carbocycles. The molecule has 2 rings (SSSR count). The first kappa shape index (κ1) is 11.7. The molecule has 17 heavy (non-hydrogen) atoms. The minimum atomic E-state index is -0.205. The molecule has 0 aliphatic heterocycles. The van der Waals surface area contributed by atoms with Gasteiger partial charge in [0.05, 0.1) is 10.7 Å². The second kappa shape index (κ2) is 5.49. The van der Waals surface area contributed by atoms with Gasteiger partial charge in [0.15, 0.2) is 0 Å². The van der Waals surface area contributed by atoms with Gasteiger partial charge in [-0.25, -0.2) is 4.79 Å². The Bertz CT molecular complexity index is 479. The minimum Gasteiger partial charge on any atom is -0.361 e. The van der Waals surface area contributed by atoms with Gasteiger partial charge < -0.3 is 9.84 Å². The SMILES string of the molecule is Cc1cc(CCNC(=O)Nc2cccs2)on1. The number of hydrogen-bond acceptors (Lipinski definition) is 4. The number of rotatable bonds is 4. The van der Waals surface area contributed by atoms with Gasteiger partial charge in [-0.1, -0.05) is 5.16 Å². The number of nitrogens with one attached hydrogen (secondary N) is 2. The van der Waals surface area contributed by atoms with Crippen LogP contribution in [0.1, 0.15) is 11.5 Å². The van der Waals surface area contributed by atoms with E-state index in [9.17, 15) is 4.79 Å². The fourth-order valence-corrected chi connectivity index (χ4v) is 1.95. The van der Waals surface area contributed by atoms with Crippen LogP contribution in [0, 0.1) is 6.92 Å². The zero-order chi connectivity index (χ0) is 12.1. The van der Waals surface area contributed by atoms with E-state index in [1.165, 1.54) is 11.3 Å². The molecular weight excluding hydrogens is 238 g/mol. The number of carbonyl (C=O) groups excluding carboxylic acids is 1. The molecule has 2 aromatic rings. The van der Waals surface area contributed by atoms with Crippen LogP contribution in [-0.4, -0.2) is 17.7 Å². The van der Waals surface area contributed by atoms with Crippen molar-refractivity contribution in [3.05, 3.63) is 35.0 Å². The largest absolute Gasteiger partial charge is 0.361 e. The highest BCUT2D eigenvalue weighted by molar-refractivity contribution is 7.14. The second-order valence-corrected chi connectivity index (χ2v) is 4.49. The number of carbonyl (C=O) groups is 1. The first-order chi connectivity index (χ1) is 8.24. The van der Waals surface area contributed by atoms with Crippen molar-refractivity contribution in [1.29, 1.82) is 0 Å². The van der Waals surface area contributed by atoms with Crippen LogP contribution in [0.3, 0.4) is 0 Å². The highest BCUT2D eigenvalue weighted by atomic mass is 32.1. The molecule has 2 N–H and O–H groups in total. The van der Waals surface area contributed by atoms with Crippen LogP contribution in [0.5, 0.6) is 0 Å². The third-order valence-electron chi connectivity index (χ3n) is 2.09. The van der Waals surface area contributed by atoms with Crippen molar-refractivity contribution >= 4 is 22.4 Å². The molecule has 6 heteroatoms. The standard InChI is InChI=1S/C11H13N3O2S/c1-8-7-9(16-14-8)4-5-12-11(15)13-10-3-2-6-17-10/h2-3,6-7H,4-5H2,1H3,(H2,12,13,15). The molecule has 2 heterocycles. The van der Waals surface area contributed by atoms with E-state index in [1.807, 2.05) is 30.5 Å². The first-order valence-electron chi connectivity index (χ1n) is 5.24. The molecule has 0 aliphatic rings. The maximum atomic E-state index is 11.4. The summed E-state index contributed by atoms with van der Waals surface area (Å²) in [6.45, 7) is 2.38. The van der Waals surface area contributed by atoms with Crippen molar-refractivity contribution < 1.29 is 9.32 Å². The van der Waals surface area contributed by atoms with Crippen molar-refractivity contribution in [3.8, 4) is 0 Å². The number of amides is 2. The van der Waals surface area contributed by atoms with E-state index in [4.69, 9.17) is 4.52 Å². The Labute approximate surface area is 103 Å². The highest BCUT2D eigenvalue weighted by Crippen LogP contribution is 2.14. The summed E-state index contributed by atoms with van der Waals surface area (Å²) in [7, 11) is 0. The third-order valence-corrected chi connectivity index (χ3v) is 2.88. The Morgan fingerprint density at radius 1 is 1.59 bits per heavy atom. The van der Waals surface area contributed by atoms with Crippen LogP contribution in [0.4, 0.5) is 9.80 Å². The summed E-state index contributed by atoms with van der Waals surface area (Å²) in [5.74, 6) is 0.777. The van der Waals surface area contributed by atoms with Crippen LogP contribution in [0.25, 0.3) is 0 Å². The maximum absolute atomic E-state index is 11.4. The summed E-state index contributed by atoms with van der Waals surface area (Å²) in [5, 5.41) is 12.0. The lowest BCUT2D eigenvalue weighted by Crippen LogP contribution is -2.30. The predicted octanol–water partition coefficient (Wildman–Crippen LogP) is 2.41. The second-order valence-electron chi connectivity index (χ2n) is 3.54. The molecule has 0 aliphatic carbocycles. The Morgan fingerprint density at radius 3 is 3.12 bits per heavy atom. The summed E-state index contributed by atoms with van der Waals surface area (Å²) in [6, 6.07) is 5.39. The average molecular weight is 251 g/mol. The van der Waals surface area contributed by atoms with Gasteiger partial charge in [-0.15, -0.1) is 11.3 Å². The normalized spacial score (nSPS) is 10.2. The Morgan fingerprint density at radius 2 is 2.47 bits per heavy atom. The molecule has 2 aromatic heterocycles. The van der Waals surface area contributed by atoms with E-state index < -0.39 is 0 Å². The Kier molecular flexibility index (Phi) is 3.77. The summed E-state index contributed by atoms with van der Waals surface area (Å²) in [4.78, 5) is 11.4. The van der Waals surface area contributed by atoms with Crippen molar-refractivity contribution in [1.82, 2.24) is 10.5 Å². The molecule has 5 nitrogen and oxygen atoms in total. The molecule has 0 bridgehead atoms. The van der Waals surface area contributed by atoms with E-state index in [-0.39, 0.29) is 6.03 Å². The van der Waals surface area contributed by atoms with Gasteiger partial charge in [0, 0.05) is 19.0 Å². The fourth-order valence-electron chi connectivity index (χ4n) is 1.34. The van der Waals surface area contributed by atoms with Gasteiger partial charge >= 0.3 is 6.03 Å². The number of thiophene rings is 1. The zero-order valence-corrected chi connectivity index (χ0v) is 10.2. The fraction of sp³-hybridized carbons (Fsp3) is 0.273. The average Bonchev–Trinajstić information content (AvgIpc) is 2.90. The molecule has 0 saturated heterocycles. The quantitative estimate of drug-likeness (QED) is 0.876. The van der Waals surface area contributed by atoms with Gasteiger partial charge in [0.25, 0.3) is 0 Å². The van der Waals surface area contributed by atoms with E-state index in [1.54, 1.807) is 0 Å². The molecule has 0 radical (unpaired) electrons. The van der Waals surface area contributed by atoms with Crippen molar-refractivity contribution in [3.63, 3.8) is 0 Å². The molecule has 90 valence electrons. The lowest BCUT2D eigenvalue weighted by molar-refractivity contribution is 0.252. The monoisotopic (exact) mass is 251 g/mol. The van der Waals surface area contributed by atoms with Crippen LogP contribution < -0.4 is 10.6 Å². The molecule has 0 saturated carbocycles. The van der Waals surface area contributed by atoms with Gasteiger partial charge in [0.2, 0.25) is 0 Å². The summed E-state index contributed by atoms with van der Waals surface area (Å²) in [5.41, 5.74) is 0.850. The molecule has 0 spiro atoms. The highest BCUT2D eigenvalue weighted by Gasteiger charge is 2.03. The topological polar surface area (TPSA) is 67.2 Å². The van der Waals surface area contributed by atoms with Crippen LogP contribution in [0.2, 0.25) is 0 Å². The molecular formula is C11H13N3O2S. The van der Waals surface area contributed by atoms with Crippen LogP contribution in [-0.2, 0) is 6.42 Å². The summed E-state index contributed by atoms with van der Waals surface area (Å²) < 4.78 is 5.03. The van der Waals surface area contributed by atoms with Gasteiger partial charge in [-0.2, -0.15) is 0 Å². The van der Waals surface area contributed by atoms with Crippen LogP contribution >= 0.6 is 11.3 Å². The number of urea groups is 1. The van der Waals surface area contributed by atoms with E-state index in [2.05, 4.69) is 15.8 Å². The smallest absolute Gasteiger partial charge is 0.319 e. The van der Waals surface area contributed by atoms with Crippen molar-refractivity contribution in [2.24, 2.45) is 0 Å². The van der Waals surface area contributed by atoms with Gasteiger partial charge in [-0.3, -0.25) is 5.32 Å². The molecule has 0 fully saturated rings. The maximum Gasteiger partial charge on any atom is 0.319 e. The van der Waals surface area contributed by atoms with Crippen LogP contribution in [0.15, 0.2) is 28.1 Å². The summed E-state index contributed by atoms with van der Waals surface area (Å²) in [6.07, 6.45) is 0.638. The Hall–Kier alpha value is -1.82. The lowest BCUT2D eigenvalue weighted by Gasteiger charge is -2.03. The van der Waals surface area contributed by atoms with Gasteiger partial charge in [0.1, 0.15) is 5.76 Å². The number of anilines is 1. The van der Waals surface area contributed by atoms with E-state index >= 15 is 0 Å². The van der Waals surface area contributed by atoms with Gasteiger partial charge in [-0.05, 0) is 24.4 Å². The van der Waals surface area contributed by atoms with Crippen molar-refractivity contribution in [2.45, 2.75) is 13.3 Å². The van der Waals surface area contributed by atoms with E-state index in [0.717, 1.165) is 16.5 Å². The third kappa shape index (κ3) is 3.60. The minimum absolute atomic E-state index is 0.205. The number of aryl methyl sites for hydroxylation is 1. The van der Waals surface area contributed by atoms with Crippen molar-refractivity contribution in [2.75, 3.05) is 11.9 Å². The number of hydrogen-bond donors (Lipinski definition) is 2. The molecule has 2 amide bonds. The zero-order valence-electron chi connectivity index (χ0n) is 9.40.